The zero-order valence-electron chi connectivity index (χ0n) is 10.7. The molecule has 0 aliphatic carbocycles. The second kappa shape index (κ2) is 6.62. The fraction of sp³-hybridized carbons (Fsp3) is 0.333. The van der Waals surface area contributed by atoms with Crippen molar-refractivity contribution in [3.8, 4) is 0 Å². The van der Waals surface area contributed by atoms with Gasteiger partial charge in [0.2, 0.25) is 0 Å². The number of hydrogen-bond acceptors (Lipinski definition) is 5. The molecule has 8 heteroatoms. The van der Waals surface area contributed by atoms with Gasteiger partial charge in [-0.25, -0.2) is 4.79 Å². The number of carbonyl (C=O) groups excluding carboxylic acids is 1. The molecule has 0 saturated carbocycles. The molecular weight excluding hydrogens is 268 g/mol. The molecular formula is C12H14N2O6. The van der Waals surface area contributed by atoms with Crippen molar-refractivity contribution >= 4 is 17.6 Å². The van der Waals surface area contributed by atoms with Crippen molar-refractivity contribution in [2.24, 2.45) is 0 Å². The summed E-state index contributed by atoms with van der Waals surface area (Å²) < 4.78 is 0. The zero-order chi connectivity index (χ0) is 15.3. The Morgan fingerprint density at radius 2 is 2.10 bits per heavy atom. The van der Waals surface area contributed by atoms with Gasteiger partial charge < -0.3 is 15.5 Å². The van der Waals surface area contributed by atoms with Gasteiger partial charge in [-0.15, -0.1) is 0 Å². The molecule has 1 aromatic carbocycles. The molecule has 1 aromatic rings. The van der Waals surface area contributed by atoms with Crippen LogP contribution in [0.25, 0.3) is 0 Å². The number of aliphatic hydroxyl groups excluding tert-OH is 1. The smallest absolute Gasteiger partial charge is 0.332 e. The number of rotatable bonds is 6. The van der Waals surface area contributed by atoms with Gasteiger partial charge in [0, 0.05) is 19.0 Å². The third-order valence-electron chi connectivity index (χ3n) is 2.66. The molecule has 0 heterocycles. The van der Waals surface area contributed by atoms with Crippen molar-refractivity contribution in [2.75, 3.05) is 6.54 Å². The lowest BCUT2D eigenvalue weighted by Crippen LogP contribution is -2.30. The van der Waals surface area contributed by atoms with Crippen LogP contribution in [0.1, 0.15) is 22.3 Å². The lowest BCUT2D eigenvalue weighted by atomic mass is 10.1. The number of aryl methyl sites for hydroxylation is 1. The Kier molecular flexibility index (Phi) is 5.15. The summed E-state index contributed by atoms with van der Waals surface area (Å²) in [5.41, 5.74) is 0.0547. The Morgan fingerprint density at radius 3 is 2.65 bits per heavy atom. The molecule has 1 atom stereocenters. The number of nitrogens with zero attached hydrogens (tertiary/aromatic N) is 1. The van der Waals surface area contributed by atoms with Crippen LogP contribution in [0.15, 0.2) is 18.2 Å². The maximum absolute atomic E-state index is 11.9. The van der Waals surface area contributed by atoms with Crippen molar-refractivity contribution in [3.05, 3.63) is 39.4 Å². The Morgan fingerprint density at radius 1 is 1.45 bits per heavy atom. The average Bonchev–Trinajstić information content (AvgIpc) is 2.37. The van der Waals surface area contributed by atoms with E-state index in [0.29, 0.717) is 5.56 Å². The van der Waals surface area contributed by atoms with Crippen molar-refractivity contribution in [1.29, 1.82) is 0 Å². The van der Waals surface area contributed by atoms with E-state index in [1.807, 2.05) is 0 Å². The van der Waals surface area contributed by atoms with E-state index in [9.17, 15) is 19.7 Å². The Hall–Kier alpha value is -2.48. The van der Waals surface area contributed by atoms with Gasteiger partial charge in [-0.05, 0) is 12.5 Å². The second-order valence-electron chi connectivity index (χ2n) is 4.12. The van der Waals surface area contributed by atoms with Gasteiger partial charge in [-0.3, -0.25) is 14.9 Å². The molecule has 1 rings (SSSR count). The van der Waals surface area contributed by atoms with E-state index in [2.05, 4.69) is 5.32 Å². The summed E-state index contributed by atoms with van der Waals surface area (Å²) >= 11 is 0. The van der Waals surface area contributed by atoms with Gasteiger partial charge in [0.1, 0.15) is 5.56 Å². The summed E-state index contributed by atoms with van der Waals surface area (Å²) in [5.74, 6) is -2.06. The number of nitro benzene ring substituents is 1. The maximum Gasteiger partial charge on any atom is 0.332 e. The molecule has 1 amide bonds. The highest BCUT2D eigenvalue weighted by atomic mass is 16.6. The predicted octanol–water partition coefficient (Wildman–Crippen LogP) is 0.469. The van der Waals surface area contributed by atoms with Gasteiger partial charge >= 0.3 is 5.97 Å². The van der Waals surface area contributed by atoms with Crippen molar-refractivity contribution in [1.82, 2.24) is 5.32 Å². The minimum atomic E-state index is -1.58. The van der Waals surface area contributed by atoms with Crippen LogP contribution in [0, 0.1) is 17.0 Å². The summed E-state index contributed by atoms with van der Waals surface area (Å²) in [4.78, 5) is 32.5. The van der Waals surface area contributed by atoms with Crippen LogP contribution in [-0.2, 0) is 4.79 Å². The van der Waals surface area contributed by atoms with Crippen LogP contribution in [0.3, 0.4) is 0 Å². The summed E-state index contributed by atoms with van der Waals surface area (Å²) in [6.45, 7) is 1.46. The van der Waals surface area contributed by atoms with Crippen molar-refractivity contribution < 1.29 is 24.7 Å². The lowest BCUT2D eigenvalue weighted by molar-refractivity contribution is -0.385. The normalized spacial score (nSPS) is 11.7. The highest BCUT2D eigenvalue weighted by Gasteiger charge is 2.22. The van der Waals surface area contributed by atoms with E-state index >= 15 is 0 Å². The largest absolute Gasteiger partial charge is 0.479 e. The number of amides is 1. The van der Waals surface area contributed by atoms with Gasteiger partial charge in [-0.2, -0.15) is 0 Å². The number of aliphatic hydroxyl groups is 1. The standard InChI is InChI=1S/C12H14N2O6/c1-7-3-2-4-8(14(19)20)10(7)11(16)13-6-5-9(15)12(17)18/h2-4,9,15H,5-6H2,1H3,(H,13,16)(H,17,18). The quantitative estimate of drug-likeness (QED) is 0.513. The summed E-state index contributed by atoms with van der Waals surface area (Å²) in [6.07, 6.45) is -1.76. The Balaban J connectivity index is 2.78. The van der Waals surface area contributed by atoms with E-state index in [1.165, 1.54) is 12.1 Å². The minimum Gasteiger partial charge on any atom is -0.479 e. The molecule has 20 heavy (non-hydrogen) atoms. The first kappa shape index (κ1) is 15.6. The molecule has 0 aromatic heterocycles. The van der Waals surface area contributed by atoms with Crippen LogP contribution in [0.2, 0.25) is 0 Å². The van der Waals surface area contributed by atoms with Gasteiger partial charge in [-0.1, -0.05) is 12.1 Å². The first-order valence-corrected chi connectivity index (χ1v) is 5.77. The van der Waals surface area contributed by atoms with Crippen LogP contribution in [0.4, 0.5) is 5.69 Å². The van der Waals surface area contributed by atoms with E-state index in [4.69, 9.17) is 10.2 Å². The first-order chi connectivity index (χ1) is 9.34. The summed E-state index contributed by atoms with van der Waals surface area (Å²) in [7, 11) is 0. The van der Waals surface area contributed by atoms with Crippen LogP contribution in [-0.4, -0.2) is 39.7 Å². The molecule has 108 valence electrons. The molecule has 1 unspecified atom stereocenters. The maximum atomic E-state index is 11.9. The van der Waals surface area contributed by atoms with Crippen LogP contribution < -0.4 is 5.32 Å². The summed E-state index contributed by atoms with van der Waals surface area (Å²) in [5, 5.41) is 30.7. The summed E-state index contributed by atoms with van der Waals surface area (Å²) in [6, 6.07) is 4.25. The molecule has 0 saturated heterocycles. The molecule has 0 bridgehead atoms. The minimum absolute atomic E-state index is 0.0673. The van der Waals surface area contributed by atoms with Crippen LogP contribution >= 0.6 is 0 Å². The third-order valence-corrected chi connectivity index (χ3v) is 2.66. The van der Waals surface area contributed by atoms with Crippen LogP contribution in [0.5, 0.6) is 0 Å². The first-order valence-electron chi connectivity index (χ1n) is 5.77. The second-order valence-corrected chi connectivity index (χ2v) is 4.12. The van der Waals surface area contributed by atoms with Crippen molar-refractivity contribution in [3.63, 3.8) is 0 Å². The number of nitrogens with one attached hydrogen (secondary N) is 1. The number of benzene rings is 1. The molecule has 0 radical (unpaired) electrons. The molecule has 0 spiro atoms. The number of aliphatic carboxylic acids is 1. The number of carboxylic acid groups (broad SMARTS) is 1. The van der Waals surface area contributed by atoms with Gasteiger partial charge in [0.15, 0.2) is 6.10 Å². The monoisotopic (exact) mass is 282 g/mol. The molecule has 0 aliphatic rings. The fourth-order valence-electron chi connectivity index (χ4n) is 1.63. The highest BCUT2D eigenvalue weighted by Crippen LogP contribution is 2.21. The van der Waals surface area contributed by atoms with Gasteiger partial charge in [0.05, 0.1) is 4.92 Å². The third kappa shape index (κ3) is 3.75. The van der Waals surface area contributed by atoms with E-state index in [1.54, 1.807) is 13.0 Å². The molecule has 0 fully saturated rings. The average molecular weight is 282 g/mol. The number of hydrogen-bond donors (Lipinski definition) is 3. The SMILES string of the molecule is Cc1cccc([N+](=O)[O-])c1C(=O)NCCC(O)C(=O)O. The van der Waals surface area contributed by atoms with E-state index in [0.717, 1.165) is 0 Å². The van der Waals surface area contributed by atoms with Crippen molar-refractivity contribution in [2.45, 2.75) is 19.4 Å². The molecule has 8 nitrogen and oxygen atoms in total. The Labute approximate surface area is 114 Å². The lowest BCUT2D eigenvalue weighted by Gasteiger charge is -2.09. The van der Waals surface area contributed by atoms with E-state index < -0.39 is 22.9 Å². The fourth-order valence-corrected chi connectivity index (χ4v) is 1.63. The molecule has 0 aliphatic heterocycles. The number of nitro groups is 1. The predicted molar refractivity (Wildman–Crippen MR) is 68.4 cm³/mol. The highest BCUT2D eigenvalue weighted by molar-refractivity contribution is 5.99. The van der Waals surface area contributed by atoms with E-state index in [-0.39, 0.29) is 24.2 Å². The molecule has 3 N–H and O–H groups in total. The zero-order valence-corrected chi connectivity index (χ0v) is 10.7. The number of carboxylic acids is 1. The Bertz CT molecular complexity index is 543. The topological polar surface area (TPSA) is 130 Å². The van der Waals surface area contributed by atoms with Gasteiger partial charge in [0.25, 0.3) is 11.6 Å². The number of carbonyl (C=O) groups is 2.